The van der Waals surface area contributed by atoms with E-state index >= 15 is 0 Å². The van der Waals surface area contributed by atoms with Gasteiger partial charge in [-0.1, -0.05) is 24.3 Å². The molecule has 3 rings (SSSR count). The van der Waals surface area contributed by atoms with E-state index in [2.05, 4.69) is 44.8 Å². The SMILES string of the molecule is CCNC(=NCc1cccc(CN2CCCC(C(N)=O)C2)c1)NCc1nc(C)c(C)o1.I. The molecule has 0 spiro atoms. The molecule has 176 valence electrons. The molecule has 1 aliphatic rings. The molecule has 1 saturated heterocycles. The van der Waals surface area contributed by atoms with E-state index in [0.717, 1.165) is 62.0 Å². The maximum absolute atomic E-state index is 11.5. The van der Waals surface area contributed by atoms with Gasteiger partial charge in [0.2, 0.25) is 11.8 Å². The molecule has 0 saturated carbocycles. The van der Waals surface area contributed by atoms with Crippen molar-refractivity contribution in [3.8, 4) is 0 Å². The minimum absolute atomic E-state index is 0. The molecule has 4 N–H and O–H groups in total. The van der Waals surface area contributed by atoms with Crippen LogP contribution in [-0.4, -0.2) is 41.4 Å². The Hall–Kier alpha value is -2.14. The number of halogens is 1. The van der Waals surface area contributed by atoms with Crippen LogP contribution in [0, 0.1) is 19.8 Å². The number of hydrogen-bond donors (Lipinski definition) is 3. The van der Waals surface area contributed by atoms with Crippen LogP contribution < -0.4 is 16.4 Å². The van der Waals surface area contributed by atoms with E-state index in [0.29, 0.717) is 19.0 Å². The predicted molar refractivity (Wildman–Crippen MR) is 137 cm³/mol. The van der Waals surface area contributed by atoms with Crippen LogP contribution in [0.25, 0.3) is 0 Å². The Kier molecular flexibility index (Phi) is 10.4. The summed E-state index contributed by atoms with van der Waals surface area (Å²) in [6, 6.07) is 8.45. The van der Waals surface area contributed by atoms with Crippen LogP contribution in [0.2, 0.25) is 0 Å². The molecule has 0 bridgehead atoms. The topological polar surface area (TPSA) is 109 Å². The van der Waals surface area contributed by atoms with Gasteiger partial charge < -0.3 is 20.8 Å². The normalized spacial score (nSPS) is 17.0. The number of nitrogens with one attached hydrogen (secondary N) is 2. The van der Waals surface area contributed by atoms with Gasteiger partial charge in [-0.05, 0) is 51.3 Å². The summed E-state index contributed by atoms with van der Waals surface area (Å²) in [6.07, 6.45) is 1.91. The molecule has 0 aliphatic carbocycles. The highest BCUT2D eigenvalue weighted by molar-refractivity contribution is 14.0. The van der Waals surface area contributed by atoms with Crippen LogP contribution in [0.15, 0.2) is 33.7 Å². The highest BCUT2D eigenvalue weighted by Crippen LogP contribution is 2.19. The molecule has 8 nitrogen and oxygen atoms in total. The zero-order chi connectivity index (χ0) is 22.2. The van der Waals surface area contributed by atoms with Gasteiger partial charge in [-0.25, -0.2) is 9.98 Å². The van der Waals surface area contributed by atoms with E-state index in [1.54, 1.807) is 0 Å². The fourth-order valence-electron chi connectivity index (χ4n) is 3.80. The number of piperidine rings is 1. The van der Waals surface area contributed by atoms with E-state index in [4.69, 9.17) is 15.1 Å². The molecule has 2 heterocycles. The molecule has 1 aromatic heterocycles. The number of guanidine groups is 1. The Labute approximate surface area is 207 Å². The lowest BCUT2D eigenvalue weighted by atomic mass is 9.97. The monoisotopic (exact) mass is 554 g/mol. The standard InChI is InChI=1S/C23H34N6O2.HI/c1-4-25-23(27-13-21-28-16(2)17(3)31-21)26-12-18-7-5-8-19(11-18)14-29-10-6-9-20(15-29)22(24)30;/h5,7-8,11,20H,4,6,9-10,12-15H2,1-3H3,(H2,24,30)(H2,25,26,27);1H. The van der Waals surface area contributed by atoms with E-state index in [9.17, 15) is 4.79 Å². The summed E-state index contributed by atoms with van der Waals surface area (Å²) in [5.74, 6) is 1.99. The average Bonchev–Trinajstić information content (AvgIpc) is 3.08. The van der Waals surface area contributed by atoms with Crippen LogP contribution >= 0.6 is 24.0 Å². The molecular weight excluding hydrogens is 519 g/mol. The van der Waals surface area contributed by atoms with Gasteiger partial charge in [-0.2, -0.15) is 0 Å². The number of nitrogens with two attached hydrogens (primary N) is 1. The first kappa shape index (κ1) is 26.1. The zero-order valence-electron chi connectivity index (χ0n) is 19.2. The smallest absolute Gasteiger partial charge is 0.221 e. The third kappa shape index (κ3) is 7.77. The van der Waals surface area contributed by atoms with Gasteiger partial charge in [0.25, 0.3) is 0 Å². The summed E-state index contributed by atoms with van der Waals surface area (Å²) in [4.78, 5) is 22.9. The fraction of sp³-hybridized carbons (Fsp3) is 0.522. The van der Waals surface area contributed by atoms with Gasteiger partial charge in [-0.15, -0.1) is 24.0 Å². The Bertz CT molecular complexity index is 894. The van der Waals surface area contributed by atoms with Gasteiger partial charge in [0.15, 0.2) is 5.96 Å². The lowest BCUT2D eigenvalue weighted by Crippen LogP contribution is -2.40. The Morgan fingerprint density at radius 3 is 2.78 bits per heavy atom. The van der Waals surface area contributed by atoms with Crippen LogP contribution in [-0.2, 0) is 24.4 Å². The number of likely N-dealkylation sites (tertiary alicyclic amines) is 1. The first-order chi connectivity index (χ1) is 14.9. The maximum atomic E-state index is 11.5. The van der Waals surface area contributed by atoms with Gasteiger partial charge in [0, 0.05) is 19.6 Å². The number of aryl methyl sites for hydroxylation is 2. The number of amides is 1. The summed E-state index contributed by atoms with van der Waals surface area (Å²) >= 11 is 0. The zero-order valence-corrected chi connectivity index (χ0v) is 21.5. The van der Waals surface area contributed by atoms with E-state index < -0.39 is 0 Å². The van der Waals surface area contributed by atoms with Gasteiger partial charge in [0.05, 0.1) is 24.7 Å². The number of aliphatic imine (C=N–C) groups is 1. The molecular formula is C23H35IN6O2. The van der Waals surface area contributed by atoms with Crippen molar-refractivity contribution in [1.29, 1.82) is 0 Å². The minimum Gasteiger partial charge on any atom is -0.444 e. The lowest BCUT2D eigenvalue weighted by molar-refractivity contribution is -0.123. The molecule has 0 radical (unpaired) electrons. The number of aromatic nitrogens is 1. The van der Waals surface area contributed by atoms with E-state index in [1.165, 1.54) is 5.56 Å². The quantitative estimate of drug-likeness (QED) is 0.263. The summed E-state index contributed by atoms with van der Waals surface area (Å²) in [5.41, 5.74) is 8.78. The Balaban J connectivity index is 0.00000363. The van der Waals surface area contributed by atoms with Gasteiger partial charge in [0.1, 0.15) is 5.76 Å². The molecule has 1 aromatic carbocycles. The third-order valence-electron chi connectivity index (χ3n) is 5.55. The molecule has 1 fully saturated rings. The van der Waals surface area contributed by atoms with Crippen molar-refractivity contribution >= 4 is 35.8 Å². The van der Waals surface area contributed by atoms with Crippen LogP contribution in [0.1, 0.15) is 48.2 Å². The van der Waals surface area contributed by atoms with Crippen molar-refractivity contribution in [3.63, 3.8) is 0 Å². The largest absolute Gasteiger partial charge is 0.444 e. The van der Waals surface area contributed by atoms with Crippen molar-refractivity contribution < 1.29 is 9.21 Å². The molecule has 9 heteroatoms. The number of hydrogen-bond acceptors (Lipinski definition) is 5. The molecule has 1 unspecified atom stereocenters. The fourth-order valence-corrected chi connectivity index (χ4v) is 3.80. The number of nitrogens with zero attached hydrogens (tertiary/aromatic N) is 3. The van der Waals surface area contributed by atoms with Crippen molar-refractivity contribution in [2.24, 2.45) is 16.6 Å². The second-order valence-corrected chi connectivity index (χ2v) is 8.09. The molecule has 1 amide bonds. The first-order valence-electron chi connectivity index (χ1n) is 11.0. The van der Waals surface area contributed by atoms with E-state index in [-0.39, 0.29) is 35.8 Å². The predicted octanol–water partition coefficient (Wildman–Crippen LogP) is 2.86. The third-order valence-corrected chi connectivity index (χ3v) is 5.55. The second kappa shape index (κ2) is 12.8. The number of oxazole rings is 1. The van der Waals surface area contributed by atoms with Crippen molar-refractivity contribution in [2.75, 3.05) is 19.6 Å². The number of carbonyl (C=O) groups excluding carboxylic acids is 1. The van der Waals surface area contributed by atoms with Crippen LogP contribution in [0.4, 0.5) is 0 Å². The number of rotatable bonds is 8. The molecule has 2 aromatic rings. The number of primary amides is 1. The first-order valence-corrected chi connectivity index (χ1v) is 11.0. The summed E-state index contributed by atoms with van der Waals surface area (Å²) in [6.45, 7) is 10.3. The van der Waals surface area contributed by atoms with Gasteiger partial charge >= 0.3 is 0 Å². The van der Waals surface area contributed by atoms with Crippen LogP contribution in [0.5, 0.6) is 0 Å². The summed E-state index contributed by atoms with van der Waals surface area (Å²) < 4.78 is 5.63. The highest BCUT2D eigenvalue weighted by atomic mass is 127. The lowest BCUT2D eigenvalue weighted by Gasteiger charge is -2.31. The van der Waals surface area contributed by atoms with Crippen molar-refractivity contribution in [1.82, 2.24) is 20.5 Å². The Morgan fingerprint density at radius 1 is 1.31 bits per heavy atom. The van der Waals surface area contributed by atoms with Crippen LogP contribution in [0.3, 0.4) is 0 Å². The number of benzene rings is 1. The summed E-state index contributed by atoms with van der Waals surface area (Å²) in [7, 11) is 0. The van der Waals surface area contributed by atoms with Crippen molar-refractivity contribution in [3.05, 3.63) is 52.7 Å². The van der Waals surface area contributed by atoms with E-state index in [1.807, 2.05) is 20.8 Å². The minimum atomic E-state index is -0.189. The maximum Gasteiger partial charge on any atom is 0.221 e. The molecule has 1 atom stereocenters. The molecule has 1 aliphatic heterocycles. The second-order valence-electron chi connectivity index (χ2n) is 8.09. The molecule has 32 heavy (non-hydrogen) atoms. The Morgan fingerprint density at radius 2 is 2.09 bits per heavy atom. The highest BCUT2D eigenvalue weighted by Gasteiger charge is 2.23. The average molecular weight is 554 g/mol. The van der Waals surface area contributed by atoms with Gasteiger partial charge in [-0.3, -0.25) is 9.69 Å². The van der Waals surface area contributed by atoms with Crippen molar-refractivity contribution in [2.45, 2.75) is 53.2 Å². The number of carbonyl (C=O) groups is 1. The summed E-state index contributed by atoms with van der Waals surface area (Å²) in [5, 5.41) is 6.53.